The molecule has 0 atom stereocenters. The van der Waals surface area contributed by atoms with Gasteiger partial charge in [-0.1, -0.05) is 24.3 Å². The summed E-state index contributed by atoms with van der Waals surface area (Å²) in [5.74, 6) is 1.16. The SMILES string of the molecule is Nc1ccc2[nH]c(-c3ccc4ccccc4n3)nc2n1. The molecule has 4 rings (SSSR count). The molecule has 0 aliphatic rings. The van der Waals surface area contributed by atoms with Crippen LogP contribution in [0.15, 0.2) is 48.5 Å². The second kappa shape index (κ2) is 4.03. The van der Waals surface area contributed by atoms with Crippen LogP contribution in [0.2, 0.25) is 0 Å². The van der Waals surface area contributed by atoms with Gasteiger partial charge in [-0.15, -0.1) is 0 Å². The molecule has 1 aromatic carbocycles. The molecule has 0 saturated carbocycles. The molecule has 20 heavy (non-hydrogen) atoms. The maximum atomic E-state index is 5.67. The lowest BCUT2D eigenvalue weighted by molar-refractivity contribution is 1.26. The smallest absolute Gasteiger partial charge is 0.180 e. The maximum Gasteiger partial charge on any atom is 0.180 e. The van der Waals surface area contributed by atoms with E-state index in [1.54, 1.807) is 6.07 Å². The molecule has 0 bridgehead atoms. The van der Waals surface area contributed by atoms with Gasteiger partial charge in [0.25, 0.3) is 0 Å². The van der Waals surface area contributed by atoms with E-state index in [2.05, 4.69) is 19.9 Å². The van der Waals surface area contributed by atoms with Crippen molar-refractivity contribution in [1.29, 1.82) is 0 Å². The van der Waals surface area contributed by atoms with Gasteiger partial charge in [0.05, 0.1) is 11.0 Å². The number of hydrogen-bond acceptors (Lipinski definition) is 4. The average molecular weight is 261 g/mol. The Kier molecular flexibility index (Phi) is 2.20. The van der Waals surface area contributed by atoms with E-state index >= 15 is 0 Å². The number of nitrogen functional groups attached to an aromatic ring is 1. The molecule has 3 aromatic heterocycles. The summed E-state index contributed by atoms with van der Waals surface area (Å²) in [7, 11) is 0. The Bertz CT molecular complexity index is 926. The summed E-state index contributed by atoms with van der Waals surface area (Å²) in [6.45, 7) is 0. The molecule has 0 aliphatic carbocycles. The molecule has 0 unspecified atom stereocenters. The first-order valence-electron chi connectivity index (χ1n) is 6.28. The van der Waals surface area contributed by atoms with Gasteiger partial charge >= 0.3 is 0 Å². The number of rotatable bonds is 1. The summed E-state index contributed by atoms with van der Waals surface area (Å²) < 4.78 is 0. The van der Waals surface area contributed by atoms with E-state index in [9.17, 15) is 0 Å². The summed E-state index contributed by atoms with van der Waals surface area (Å²) in [5, 5.41) is 1.11. The number of nitrogens with one attached hydrogen (secondary N) is 1. The lowest BCUT2D eigenvalue weighted by Gasteiger charge is -1.99. The number of imidazole rings is 1. The van der Waals surface area contributed by atoms with Crippen molar-refractivity contribution in [2.75, 3.05) is 5.73 Å². The van der Waals surface area contributed by atoms with Crippen LogP contribution in [0.1, 0.15) is 0 Å². The van der Waals surface area contributed by atoms with Gasteiger partial charge in [0, 0.05) is 5.39 Å². The molecule has 3 N–H and O–H groups in total. The second-order valence-corrected chi connectivity index (χ2v) is 4.58. The van der Waals surface area contributed by atoms with Crippen LogP contribution in [-0.2, 0) is 0 Å². The number of nitrogens with two attached hydrogens (primary N) is 1. The van der Waals surface area contributed by atoms with Crippen molar-refractivity contribution in [1.82, 2.24) is 19.9 Å². The van der Waals surface area contributed by atoms with Gasteiger partial charge < -0.3 is 10.7 Å². The predicted molar refractivity (Wildman–Crippen MR) is 79.0 cm³/mol. The number of anilines is 1. The van der Waals surface area contributed by atoms with Gasteiger partial charge in [0.15, 0.2) is 11.5 Å². The highest BCUT2D eigenvalue weighted by molar-refractivity contribution is 5.82. The van der Waals surface area contributed by atoms with E-state index in [1.165, 1.54) is 0 Å². The zero-order chi connectivity index (χ0) is 13.5. The number of H-pyrrole nitrogens is 1. The van der Waals surface area contributed by atoms with Crippen molar-refractivity contribution in [3.8, 4) is 11.5 Å². The molecular weight excluding hydrogens is 250 g/mol. The average Bonchev–Trinajstić information content (AvgIpc) is 2.89. The van der Waals surface area contributed by atoms with E-state index in [4.69, 9.17) is 5.73 Å². The zero-order valence-electron chi connectivity index (χ0n) is 10.5. The molecule has 0 saturated heterocycles. The molecule has 4 aromatic rings. The third-order valence-corrected chi connectivity index (χ3v) is 3.21. The summed E-state index contributed by atoms with van der Waals surface area (Å²) in [5.41, 5.74) is 8.86. The number of fused-ring (bicyclic) bond motifs is 2. The van der Waals surface area contributed by atoms with E-state index in [0.717, 1.165) is 22.1 Å². The largest absolute Gasteiger partial charge is 0.384 e. The maximum absolute atomic E-state index is 5.67. The molecule has 0 spiro atoms. The van der Waals surface area contributed by atoms with Crippen LogP contribution in [-0.4, -0.2) is 19.9 Å². The van der Waals surface area contributed by atoms with E-state index in [0.29, 0.717) is 17.3 Å². The van der Waals surface area contributed by atoms with Crippen LogP contribution in [0.4, 0.5) is 5.82 Å². The number of pyridine rings is 2. The number of benzene rings is 1. The Morgan fingerprint density at radius 2 is 1.75 bits per heavy atom. The van der Waals surface area contributed by atoms with E-state index < -0.39 is 0 Å². The minimum absolute atomic E-state index is 0.460. The third kappa shape index (κ3) is 1.68. The number of hydrogen-bond donors (Lipinski definition) is 2. The van der Waals surface area contributed by atoms with Crippen molar-refractivity contribution in [2.45, 2.75) is 0 Å². The normalized spacial score (nSPS) is 11.2. The van der Waals surface area contributed by atoms with Gasteiger partial charge in [-0.05, 0) is 24.3 Å². The molecule has 0 fully saturated rings. The Hall–Kier alpha value is -2.95. The Morgan fingerprint density at radius 1 is 0.850 bits per heavy atom. The fourth-order valence-electron chi connectivity index (χ4n) is 2.23. The molecule has 0 aliphatic heterocycles. The first kappa shape index (κ1) is 10.9. The molecule has 5 nitrogen and oxygen atoms in total. The molecular formula is C15H11N5. The quantitative estimate of drug-likeness (QED) is 0.552. The second-order valence-electron chi connectivity index (χ2n) is 4.58. The van der Waals surface area contributed by atoms with Crippen LogP contribution in [0, 0.1) is 0 Å². The minimum atomic E-state index is 0.460. The highest BCUT2D eigenvalue weighted by Crippen LogP contribution is 2.21. The van der Waals surface area contributed by atoms with E-state index in [1.807, 2.05) is 42.5 Å². The van der Waals surface area contributed by atoms with Crippen molar-refractivity contribution in [3.05, 3.63) is 48.5 Å². The molecule has 3 heterocycles. The first-order valence-corrected chi connectivity index (χ1v) is 6.28. The minimum Gasteiger partial charge on any atom is -0.384 e. The van der Waals surface area contributed by atoms with E-state index in [-0.39, 0.29) is 0 Å². The summed E-state index contributed by atoms with van der Waals surface area (Å²) in [6, 6.07) is 15.6. The Balaban J connectivity index is 1.91. The Morgan fingerprint density at radius 3 is 2.70 bits per heavy atom. The van der Waals surface area contributed by atoms with Crippen molar-refractivity contribution < 1.29 is 0 Å². The zero-order valence-corrected chi connectivity index (χ0v) is 10.5. The number of para-hydroxylation sites is 1. The summed E-state index contributed by atoms with van der Waals surface area (Å²) in [6.07, 6.45) is 0. The van der Waals surface area contributed by atoms with Crippen LogP contribution < -0.4 is 5.73 Å². The van der Waals surface area contributed by atoms with Crippen LogP contribution in [0.5, 0.6) is 0 Å². The molecule has 0 radical (unpaired) electrons. The fourth-order valence-corrected chi connectivity index (χ4v) is 2.23. The van der Waals surface area contributed by atoms with Gasteiger partial charge in [-0.25, -0.2) is 15.0 Å². The number of nitrogens with zero attached hydrogens (tertiary/aromatic N) is 3. The highest BCUT2D eigenvalue weighted by atomic mass is 15.0. The number of aromatic amines is 1. The highest BCUT2D eigenvalue weighted by Gasteiger charge is 2.08. The van der Waals surface area contributed by atoms with Crippen molar-refractivity contribution in [2.24, 2.45) is 0 Å². The summed E-state index contributed by atoms with van der Waals surface area (Å²) in [4.78, 5) is 16.5. The first-order chi connectivity index (χ1) is 9.79. The lowest BCUT2D eigenvalue weighted by atomic mass is 10.2. The predicted octanol–water partition coefficient (Wildman–Crippen LogP) is 2.76. The van der Waals surface area contributed by atoms with Crippen molar-refractivity contribution >= 4 is 27.9 Å². The van der Waals surface area contributed by atoms with Crippen LogP contribution in [0.3, 0.4) is 0 Å². The summed E-state index contributed by atoms with van der Waals surface area (Å²) >= 11 is 0. The van der Waals surface area contributed by atoms with Crippen molar-refractivity contribution in [3.63, 3.8) is 0 Å². The molecule has 5 heteroatoms. The fraction of sp³-hybridized carbons (Fsp3) is 0. The molecule has 96 valence electrons. The third-order valence-electron chi connectivity index (χ3n) is 3.21. The van der Waals surface area contributed by atoms with Crippen LogP contribution in [0.25, 0.3) is 33.6 Å². The van der Waals surface area contributed by atoms with Crippen LogP contribution >= 0.6 is 0 Å². The van der Waals surface area contributed by atoms with Gasteiger partial charge in [-0.2, -0.15) is 0 Å². The van der Waals surface area contributed by atoms with Gasteiger partial charge in [-0.3, -0.25) is 0 Å². The standard InChI is InChI=1S/C15H11N5/c16-13-8-7-12-15(19-13)20-14(18-12)11-6-5-9-3-1-2-4-10(9)17-11/h1-8H,(H3,16,18,19,20). The molecule has 0 amide bonds. The van der Waals surface area contributed by atoms with Gasteiger partial charge in [0.1, 0.15) is 11.5 Å². The van der Waals surface area contributed by atoms with Gasteiger partial charge in [0.2, 0.25) is 0 Å². The monoisotopic (exact) mass is 261 g/mol. The lowest BCUT2D eigenvalue weighted by Crippen LogP contribution is -1.88. The number of aromatic nitrogens is 4. The topological polar surface area (TPSA) is 80.5 Å². The Labute approximate surface area is 114 Å².